The minimum atomic E-state index is 0.403. The monoisotopic (exact) mass is 350 g/mol. The molecule has 2 aromatic heterocycles. The number of nitrogens with zero attached hydrogens (tertiary/aromatic N) is 3. The molecule has 3 aromatic rings. The SMILES string of the molecule is N#Cc1cccc(Nc2ncc(Cl)c(Nc3c[nH]c(C4CC4)c3)n2)c1. The third kappa shape index (κ3) is 3.57. The summed E-state index contributed by atoms with van der Waals surface area (Å²) in [5, 5.41) is 15.7. The van der Waals surface area contributed by atoms with Gasteiger partial charge < -0.3 is 15.6 Å². The Morgan fingerprint density at radius 3 is 2.88 bits per heavy atom. The second-order valence-corrected chi connectivity index (χ2v) is 6.36. The van der Waals surface area contributed by atoms with E-state index in [1.807, 2.05) is 12.3 Å². The molecule has 25 heavy (non-hydrogen) atoms. The van der Waals surface area contributed by atoms with Crippen LogP contribution in [-0.2, 0) is 0 Å². The Balaban J connectivity index is 1.54. The fourth-order valence-corrected chi connectivity index (χ4v) is 2.70. The number of aromatic amines is 1. The van der Waals surface area contributed by atoms with E-state index in [0.717, 1.165) is 11.4 Å². The minimum absolute atomic E-state index is 0.403. The number of rotatable bonds is 5. The van der Waals surface area contributed by atoms with Crippen LogP contribution in [0.3, 0.4) is 0 Å². The first-order valence-electron chi connectivity index (χ1n) is 7.96. The lowest BCUT2D eigenvalue weighted by atomic mass is 10.2. The van der Waals surface area contributed by atoms with Gasteiger partial charge in [0.15, 0.2) is 5.82 Å². The van der Waals surface area contributed by atoms with E-state index < -0.39 is 0 Å². The number of anilines is 4. The molecule has 0 atom stereocenters. The van der Waals surface area contributed by atoms with Gasteiger partial charge in [-0.15, -0.1) is 0 Å². The molecular formula is C18H15ClN6. The number of nitrogens with one attached hydrogen (secondary N) is 3. The number of nitriles is 1. The average Bonchev–Trinajstić information content (AvgIpc) is 3.38. The molecule has 0 radical (unpaired) electrons. The van der Waals surface area contributed by atoms with Gasteiger partial charge in [-0.05, 0) is 43.0 Å². The number of H-pyrrole nitrogens is 1. The Hall–Kier alpha value is -3.04. The zero-order chi connectivity index (χ0) is 17.2. The highest BCUT2D eigenvalue weighted by Gasteiger charge is 2.24. The first-order valence-corrected chi connectivity index (χ1v) is 8.34. The Morgan fingerprint density at radius 1 is 1.20 bits per heavy atom. The van der Waals surface area contributed by atoms with Gasteiger partial charge in [0.1, 0.15) is 5.02 Å². The fourth-order valence-electron chi connectivity index (χ4n) is 2.56. The normalized spacial score (nSPS) is 13.3. The van der Waals surface area contributed by atoms with E-state index in [1.165, 1.54) is 18.5 Å². The maximum absolute atomic E-state index is 8.98. The molecule has 1 aliphatic rings. The van der Waals surface area contributed by atoms with Gasteiger partial charge in [0, 0.05) is 17.6 Å². The molecule has 0 saturated heterocycles. The largest absolute Gasteiger partial charge is 0.363 e. The van der Waals surface area contributed by atoms with Crippen molar-refractivity contribution >= 4 is 34.7 Å². The maximum Gasteiger partial charge on any atom is 0.229 e. The number of hydrogen-bond acceptors (Lipinski definition) is 5. The highest BCUT2D eigenvalue weighted by molar-refractivity contribution is 6.32. The third-order valence-electron chi connectivity index (χ3n) is 3.98. The van der Waals surface area contributed by atoms with Crippen LogP contribution in [0.25, 0.3) is 0 Å². The van der Waals surface area contributed by atoms with Crippen LogP contribution in [0.1, 0.15) is 30.0 Å². The van der Waals surface area contributed by atoms with Crippen LogP contribution in [0.2, 0.25) is 5.02 Å². The van der Waals surface area contributed by atoms with Gasteiger partial charge in [-0.3, -0.25) is 0 Å². The van der Waals surface area contributed by atoms with E-state index in [4.69, 9.17) is 16.9 Å². The van der Waals surface area contributed by atoms with Gasteiger partial charge in [0.2, 0.25) is 5.95 Å². The van der Waals surface area contributed by atoms with Gasteiger partial charge in [-0.2, -0.15) is 10.2 Å². The predicted molar refractivity (Wildman–Crippen MR) is 97.5 cm³/mol. The molecule has 0 aliphatic heterocycles. The molecule has 3 N–H and O–H groups in total. The summed E-state index contributed by atoms with van der Waals surface area (Å²) in [4.78, 5) is 11.9. The summed E-state index contributed by atoms with van der Waals surface area (Å²) in [6.07, 6.45) is 5.94. The Morgan fingerprint density at radius 2 is 2.08 bits per heavy atom. The van der Waals surface area contributed by atoms with Gasteiger partial charge in [-0.25, -0.2) is 4.98 Å². The molecule has 1 saturated carbocycles. The lowest BCUT2D eigenvalue weighted by molar-refractivity contribution is 1.05. The molecule has 1 aliphatic carbocycles. The second-order valence-electron chi connectivity index (χ2n) is 5.95. The van der Waals surface area contributed by atoms with Gasteiger partial charge >= 0.3 is 0 Å². The van der Waals surface area contributed by atoms with Crippen molar-refractivity contribution in [1.82, 2.24) is 15.0 Å². The smallest absolute Gasteiger partial charge is 0.229 e. The third-order valence-corrected chi connectivity index (χ3v) is 4.25. The number of hydrogen-bond donors (Lipinski definition) is 3. The van der Waals surface area contributed by atoms with E-state index in [9.17, 15) is 0 Å². The van der Waals surface area contributed by atoms with Gasteiger partial charge in [-0.1, -0.05) is 17.7 Å². The lowest BCUT2D eigenvalue weighted by Gasteiger charge is -2.09. The van der Waals surface area contributed by atoms with Crippen molar-refractivity contribution in [2.24, 2.45) is 0 Å². The molecule has 0 unspecified atom stereocenters. The van der Waals surface area contributed by atoms with Crippen molar-refractivity contribution < 1.29 is 0 Å². The molecule has 4 rings (SSSR count). The summed E-state index contributed by atoms with van der Waals surface area (Å²) in [7, 11) is 0. The van der Waals surface area contributed by atoms with Crippen molar-refractivity contribution in [3.63, 3.8) is 0 Å². The van der Waals surface area contributed by atoms with Crippen LogP contribution in [0, 0.1) is 11.3 Å². The molecule has 6 nitrogen and oxygen atoms in total. The molecule has 0 amide bonds. The summed E-state index contributed by atoms with van der Waals surface area (Å²) in [5.41, 5.74) is 3.46. The van der Waals surface area contributed by atoms with Crippen LogP contribution >= 0.6 is 11.6 Å². The first-order chi connectivity index (χ1) is 12.2. The first kappa shape index (κ1) is 15.5. The lowest BCUT2D eigenvalue weighted by Crippen LogP contribution is -2.01. The van der Waals surface area contributed by atoms with Crippen molar-refractivity contribution in [2.75, 3.05) is 10.6 Å². The van der Waals surface area contributed by atoms with Crippen molar-refractivity contribution in [3.8, 4) is 6.07 Å². The topological polar surface area (TPSA) is 89.4 Å². The molecule has 0 bridgehead atoms. The zero-order valence-electron chi connectivity index (χ0n) is 13.3. The van der Waals surface area contributed by atoms with Crippen molar-refractivity contribution in [1.29, 1.82) is 5.26 Å². The summed E-state index contributed by atoms with van der Waals surface area (Å²) in [6.45, 7) is 0. The van der Waals surface area contributed by atoms with Crippen molar-refractivity contribution in [3.05, 3.63) is 59.0 Å². The van der Waals surface area contributed by atoms with E-state index in [1.54, 1.807) is 24.4 Å². The van der Waals surface area contributed by atoms with Gasteiger partial charge in [0.05, 0.1) is 23.5 Å². The van der Waals surface area contributed by atoms with E-state index in [-0.39, 0.29) is 0 Å². The predicted octanol–water partition coefficient (Wildman–Crippen LogP) is 4.69. The van der Waals surface area contributed by atoms with Crippen LogP contribution < -0.4 is 10.6 Å². The standard InChI is InChI=1S/C18H15ClN6/c19-15-10-22-18(24-13-3-1-2-11(6-13)8-20)25-17(15)23-14-7-16(21-9-14)12-4-5-12/h1-3,6-7,9-10,12,21H,4-5H2,(H2,22,23,24,25). The second kappa shape index (κ2) is 6.46. The van der Waals surface area contributed by atoms with E-state index >= 15 is 0 Å². The van der Waals surface area contributed by atoms with Crippen LogP contribution in [-0.4, -0.2) is 15.0 Å². The van der Waals surface area contributed by atoms with Crippen molar-refractivity contribution in [2.45, 2.75) is 18.8 Å². The quantitative estimate of drug-likeness (QED) is 0.620. The van der Waals surface area contributed by atoms with E-state index in [2.05, 4.69) is 37.7 Å². The highest BCUT2D eigenvalue weighted by Crippen LogP contribution is 2.40. The molecule has 7 heteroatoms. The average molecular weight is 351 g/mol. The van der Waals surface area contributed by atoms with Crippen LogP contribution in [0.15, 0.2) is 42.7 Å². The molecular weight excluding hydrogens is 336 g/mol. The summed E-state index contributed by atoms with van der Waals surface area (Å²) in [5.74, 6) is 1.58. The van der Waals surface area contributed by atoms with Gasteiger partial charge in [0.25, 0.3) is 0 Å². The molecule has 1 aromatic carbocycles. The fraction of sp³-hybridized carbons (Fsp3) is 0.167. The maximum atomic E-state index is 8.98. The Kier molecular flexibility index (Phi) is 4.00. The molecule has 1 fully saturated rings. The minimum Gasteiger partial charge on any atom is -0.363 e. The highest BCUT2D eigenvalue weighted by atomic mass is 35.5. The number of halogens is 1. The number of aromatic nitrogens is 3. The Bertz CT molecular complexity index is 954. The van der Waals surface area contributed by atoms with E-state index in [0.29, 0.717) is 28.3 Å². The summed E-state index contributed by atoms with van der Waals surface area (Å²) < 4.78 is 0. The van der Waals surface area contributed by atoms with Crippen LogP contribution in [0.5, 0.6) is 0 Å². The number of benzene rings is 1. The van der Waals surface area contributed by atoms with Crippen LogP contribution in [0.4, 0.5) is 23.1 Å². The molecule has 124 valence electrons. The molecule has 2 heterocycles. The molecule has 0 spiro atoms. The summed E-state index contributed by atoms with van der Waals surface area (Å²) in [6, 6.07) is 11.3. The summed E-state index contributed by atoms with van der Waals surface area (Å²) >= 11 is 6.21. The Labute approximate surface area is 149 Å². The zero-order valence-corrected chi connectivity index (χ0v) is 14.0.